The summed E-state index contributed by atoms with van der Waals surface area (Å²) < 4.78 is 82.2. The molecule has 0 bridgehead atoms. The molecule has 3 nitrogen and oxygen atoms in total. The van der Waals surface area contributed by atoms with E-state index < -0.39 is 18.1 Å². The van der Waals surface area contributed by atoms with E-state index in [9.17, 15) is 1.37 Å². The number of thiophene rings is 2. The molecule has 0 aliphatic rings. The molecule has 12 rings (SSSR count). The maximum Gasteiger partial charge on any atom is 0.164 e. The van der Waals surface area contributed by atoms with Gasteiger partial charge in [-0.2, -0.15) is 0 Å². The fourth-order valence-electron chi connectivity index (χ4n) is 7.98. The number of aromatic nitrogens is 3. The molecular formula is C55H33N3S2. The van der Waals surface area contributed by atoms with Crippen LogP contribution in [0.3, 0.4) is 0 Å². The topological polar surface area (TPSA) is 38.7 Å². The van der Waals surface area contributed by atoms with Gasteiger partial charge < -0.3 is 0 Å². The average Bonchev–Trinajstić information content (AvgIpc) is 3.97. The van der Waals surface area contributed by atoms with Crippen LogP contribution >= 0.6 is 22.7 Å². The van der Waals surface area contributed by atoms with Gasteiger partial charge in [0, 0.05) is 57.0 Å². The van der Waals surface area contributed by atoms with E-state index in [1.165, 1.54) is 15.6 Å². The number of hydrogen-bond donors (Lipinski definition) is 0. The zero-order valence-electron chi connectivity index (χ0n) is 40.5. The van der Waals surface area contributed by atoms with Crippen molar-refractivity contribution in [3.8, 4) is 67.5 Å². The molecule has 3 heterocycles. The summed E-state index contributed by atoms with van der Waals surface area (Å²) in [7, 11) is 0. The first kappa shape index (κ1) is 26.6. The highest BCUT2D eigenvalue weighted by molar-refractivity contribution is 7.27. The van der Waals surface area contributed by atoms with E-state index in [4.69, 9.17) is 25.9 Å². The minimum Gasteiger partial charge on any atom is -0.208 e. The first-order chi connectivity index (χ1) is 33.5. The van der Waals surface area contributed by atoms with Crippen molar-refractivity contribution in [3.05, 3.63) is 200 Å². The van der Waals surface area contributed by atoms with E-state index in [2.05, 4.69) is 84.9 Å². The number of nitrogens with zero attached hydrogens (tertiary/aromatic N) is 3. The van der Waals surface area contributed by atoms with Crippen LogP contribution in [0, 0.1) is 0 Å². The summed E-state index contributed by atoms with van der Waals surface area (Å²) in [5.41, 5.74) is 7.57. The van der Waals surface area contributed by atoms with Crippen molar-refractivity contribution in [2.45, 2.75) is 0 Å². The number of fused-ring (bicyclic) bond motifs is 8. The molecule has 0 N–H and O–H groups in total. The molecule has 0 amide bonds. The van der Waals surface area contributed by atoms with Crippen molar-refractivity contribution >= 4 is 73.8 Å². The average molecular weight is 809 g/mol. The van der Waals surface area contributed by atoms with Crippen LogP contribution in [0.5, 0.6) is 0 Å². The SMILES string of the molecule is [2H]c1c([2H])c([2H])c2c(sc3c4c([2H])c([2H])c([2H])c([2H])c4c([2H])c([2H])c32)c1-c1ccc(-c2nc(-c3cccc(-c4ccccc4)c3)nc(-c3ccc4c(c3)sc3cccc(-c5ccccc5)c34)n2)cc1. The molecule has 0 radical (unpaired) electrons. The smallest absolute Gasteiger partial charge is 0.164 e. The van der Waals surface area contributed by atoms with Crippen LogP contribution in [0.2, 0.25) is 0 Å². The van der Waals surface area contributed by atoms with E-state index in [1.807, 2.05) is 60.7 Å². The molecule has 0 aliphatic carbocycles. The van der Waals surface area contributed by atoms with E-state index in [1.54, 1.807) is 11.3 Å². The Balaban J connectivity index is 1.02. The van der Waals surface area contributed by atoms with Gasteiger partial charge in [0.1, 0.15) is 0 Å². The van der Waals surface area contributed by atoms with Gasteiger partial charge in [0.15, 0.2) is 17.5 Å². The molecule has 0 saturated carbocycles. The van der Waals surface area contributed by atoms with E-state index >= 15 is 0 Å². The van der Waals surface area contributed by atoms with Gasteiger partial charge in [-0.25, -0.2) is 15.0 Å². The van der Waals surface area contributed by atoms with Crippen molar-refractivity contribution < 1.29 is 12.3 Å². The van der Waals surface area contributed by atoms with Gasteiger partial charge >= 0.3 is 0 Å². The third-order valence-electron chi connectivity index (χ3n) is 10.9. The molecule has 0 atom stereocenters. The molecule has 3 aromatic heterocycles. The van der Waals surface area contributed by atoms with Crippen molar-refractivity contribution in [2.24, 2.45) is 0 Å². The Morgan fingerprint density at radius 1 is 0.350 bits per heavy atom. The van der Waals surface area contributed by atoms with Gasteiger partial charge in [-0.05, 0) is 62.4 Å². The molecular weight excluding hydrogens is 767 g/mol. The normalized spacial score (nSPS) is 13.8. The molecule has 12 aromatic rings. The maximum atomic E-state index is 9.18. The third-order valence-corrected chi connectivity index (χ3v) is 13.2. The monoisotopic (exact) mass is 808 g/mol. The second-order valence-corrected chi connectivity index (χ2v) is 16.6. The van der Waals surface area contributed by atoms with Crippen molar-refractivity contribution in [1.82, 2.24) is 15.0 Å². The maximum absolute atomic E-state index is 9.18. The second-order valence-electron chi connectivity index (χ2n) is 14.4. The standard InChI is InChI=1S/C55H33N3S2/c1-3-12-34(13-4-1)39-17-9-18-40(32-39)54-56-53(57-55(58-54)41-29-31-47-49(33-41)59-48-23-11-20-42(50(47)48)35-14-5-2-6-15-35)38-26-24-37(25-27-38)44-21-10-22-45-46-30-28-36-16-7-8-19-43(36)52(46)60-51(44)45/h1-33H/i7D,8D,10D,16D,19D,21D,22D,28D,30D. The summed E-state index contributed by atoms with van der Waals surface area (Å²) in [4.78, 5) is 15.3. The fraction of sp³-hybridized carbons (Fsp3) is 0. The lowest BCUT2D eigenvalue weighted by Crippen LogP contribution is -2.00. The zero-order chi connectivity index (χ0) is 47.4. The minimum atomic E-state index is -0.502. The van der Waals surface area contributed by atoms with Gasteiger partial charge in [0.25, 0.3) is 0 Å². The van der Waals surface area contributed by atoms with Crippen LogP contribution < -0.4 is 0 Å². The van der Waals surface area contributed by atoms with Crippen LogP contribution in [0.15, 0.2) is 200 Å². The second kappa shape index (κ2) is 14.2. The Morgan fingerprint density at radius 2 is 0.967 bits per heavy atom. The van der Waals surface area contributed by atoms with Gasteiger partial charge in [0.05, 0.1) is 12.3 Å². The predicted molar refractivity (Wildman–Crippen MR) is 256 cm³/mol. The molecule has 280 valence electrons. The van der Waals surface area contributed by atoms with Crippen molar-refractivity contribution in [1.29, 1.82) is 0 Å². The van der Waals surface area contributed by atoms with Crippen LogP contribution in [0.1, 0.15) is 12.3 Å². The van der Waals surface area contributed by atoms with Crippen LogP contribution in [0.25, 0.3) is 119 Å². The number of benzene rings is 9. The van der Waals surface area contributed by atoms with Gasteiger partial charge in [-0.15, -0.1) is 22.7 Å². The Morgan fingerprint density at radius 3 is 1.78 bits per heavy atom. The lowest BCUT2D eigenvalue weighted by molar-refractivity contribution is 1.07. The summed E-state index contributed by atoms with van der Waals surface area (Å²) in [5.74, 6) is 1.38. The van der Waals surface area contributed by atoms with Gasteiger partial charge in [-0.3, -0.25) is 0 Å². The first-order valence-corrected chi connectivity index (χ1v) is 21.0. The molecule has 0 unspecified atom stereocenters. The molecule has 0 saturated heterocycles. The molecule has 0 aliphatic heterocycles. The first-order valence-electron chi connectivity index (χ1n) is 23.9. The van der Waals surface area contributed by atoms with Crippen LogP contribution in [-0.2, 0) is 0 Å². The highest BCUT2D eigenvalue weighted by Gasteiger charge is 2.18. The quantitative estimate of drug-likeness (QED) is 0.168. The van der Waals surface area contributed by atoms with Gasteiger partial charge in [-0.1, -0.05) is 182 Å². The molecule has 60 heavy (non-hydrogen) atoms. The summed E-state index contributed by atoms with van der Waals surface area (Å²) in [5, 5.41) is 2.69. The fourth-order valence-corrected chi connectivity index (χ4v) is 10.4. The summed E-state index contributed by atoms with van der Waals surface area (Å²) in [6, 6.07) is 45.4. The van der Waals surface area contributed by atoms with E-state index in [0.717, 1.165) is 49.2 Å². The van der Waals surface area contributed by atoms with Crippen LogP contribution in [-0.4, -0.2) is 15.0 Å². The van der Waals surface area contributed by atoms with E-state index in [0.29, 0.717) is 43.6 Å². The Labute approximate surface area is 367 Å². The highest BCUT2D eigenvalue weighted by Crippen LogP contribution is 2.44. The Kier molecular flexibility index (Phi) is 6.31. The van der Waals surface area contributed by atoms with E-state index in [-0.39, 0.29) is 57.8 Å². The number of rotatable bonds is 6. The van der Waals surface area contributed by atoms with Crippen LogP contribution in [0.4, 0.5) is 0 Å². The Bertz CT molecular complexity index is 4120. The molecule has 0 spiro atoms. The van der Waals surface area contributed by atoms with Crippen molar-refractivity contribution in [2.75, 3.05) is 0 Å². The lowest BCUT2D eigenvalue weighted by atomic mass is 9.99. The zero-order valence-corrected chi connectivity index (χ0v) is 33.1. The lowest BCUT2D eigenvalue weighted by Gasteiger charge is -2.11. The Hall–Kier alpha value is -7.31. The minimum absolute atomic E-state index is 0.0798. The largest absolute Gasteiger partial charge is 0.208 e. The highest BCUT2D eigenvalue weighted by atomic mass is 32.1. The van der Waals surface area contributed by atoms with Crippen molar-refractivity contribution in [3.63, 3.8) is 0 Å². The van der Waals surface area contributed by atoms with Gasteiger partial charge in [0.2, 0.25) is 0 Å². The summed E-state index contributed by atoms with van der Waals surface area (Å²) in [6.07, 6.45) is 0. The predicted octanol–water partition coefficient (Wildman–Crippen LogP) is 15.8. The number of hydrogen-bond acceptors (Lipinski definition) is 5. The molecule has 9 aromatic carbocycles. The third kappa shape index (κ3) is 5.90. The summed E-state index contributed by atoms with van der Waals surface area (Å²) >= 11 is 2.83. The molecule has 5 heteroatoms. The summed E-state index contributed by atoms with van der Waals surface area (Å²) in [6.45, 7) is 0. The molecule has 0 fully saturated rings.